The lowest BCUT2D eigenvalue weighted by atomic mass is 10.1. The monoisotopic (exact) mass is 350 g/mol. The highest BCUT2D eigenvalue weighted by Crippen LogP contribution is 2.51. The first-order valence-corrected chi connectivity index (χ1v) is 12.0. The second-order valence-electron chi connectivity index (χ2n) is 8.12. The zero-order valence-corrected chi connectivity index (χ0v) is 17.7. The largest absolute Gasteiger partial charge is 0.0791 e. The zero-order chi connectivity index (χ0) is 18.4. The molecule has 2 aromatic carbocycles. The van der Waals surface area contributed by atoms with E-state index >= 15 is 0 Å². The second-order valence-corrected chi connectivity index (χ2v) is 14.2. The van der Waals surface area contributed by atoms with E-state index < -0.39 is 8.07 Å². The van der Waals surface area contributed by atoms with Gasteiger partial charge in [0.1, 0.15) is 0 Å². The van der Waals surface area contributed by atoms with Crippen LogP contribution in [0.2, 0.25) is 16.6 Å². The molecule has 2 rings (SSSR count). The topological polar surface area (TPSA) is 0 Å². The van der Waals surface area contributed by atoms with Crippen LogP contribution in [0.1, 0.15) is 58.2 Å². The van der Waals surface area contributed by atoms with Crippen LogP contribution in [0.15, 0.2) is 66.7 Å². The van der Waals surface area contributed by atoms with Gasteiger partial charge in [-0.05, 0) is 33.3 Å². The van der Waals surface area contributed by atoms with Gasteiger partial charge >= 0.3 is 0 Å². The maximum Gasteiger partial charge on any atom is 0.0732 e. The van der Waals surface area contributed by atoms with Crippen molar-refractivity contribution in [3.8, 4) is 0 Å². The Labute approximate surface area is 156 Å². The lowest BCUT2D eigenvalue weighted by molar-refractivity contribution is 0.775. The van der Waals surface area contributed by atoms with Gasteiger partial charge in [-0.2, -0.15) is 0 Å². The minimum Gasteiger partial charge on any atom is -0.0791 e. The normalized spacial score (nSPS) is 14.0. The van der Waals surface area contributed by atoms with Crippen molar-refractivity contribution >= 4 is 14.1 Å². The van der Waals surface area contributed by atoms with Crippen LogP contribution < -0.4 is 0 Å². The van der Waals surface area contributed by atoms with Gasteiger partial charge in [0.15, 0.2) is 0 Å². The molecule has 0 saturated heterocycles. The summed E-state index contributed by atoms with van der Waals surface area (Å²) in [6, 6.07) is 21.9. The highest BCUT2D eigenvalue weighted by molar-refractivity contribution is 6.85. The molecule has 1 heteroatoms. The standard InChI is InChI=1S/C24H34Si/c1-19(2)25(20(3)4,21(5)6)24(23-15-11-8-12-16-23)18-17-22-13-9-7-10-14-22/h7-21,24H,1-6H3/b18-17-. The molecule has 0 nitrogen and oxygen atoms in total. The molecule has 0 aliphatic carbocycles. The molecule has 1 unspecified atom stereocenters. The molecule has 2 aromatic rings. The highest BCUT2D eigenvalue weighted by atomic mass is 28.3. The van der Waals surface area contributed by atoms with Gasteiger partial charge in [-0.1, -0.05) is 114 Å². The summed E-state index contributed by atoms with van der Waals surface area (Å²) in [6.07, 6.45) is 4.85. The van der Waals surface area contributed by atoms with Crippen molar-refractivity contribution < 1.29 is 0 Å². The lowest BCUT2D eigenvalue weighted by Gasteiger charge is -2.48. The Bertz CT molecular complexity index is 631. The van der Waals surface area contributed by atoms with Crippen LogP contribution in [0.25, 0.3) is 6.08 Å². The van der Waals surface area contributed by atoms with E-state index in [-0.39, 0.29) is 0 Å². The lowest BCUT2D eigenvalue weighted by Crippen LogP contribution is -2.50. The smallest absolute Gasteiger partial charge is 0.0732 e. The summed E-state index contributed by atoms with van der Waals surface area (Å²) in [6.45, 7) is 14.7. The van der Waals surface area contributed by atoms with Crippen molar-refractivity contribution in [1.82, 2.24) is 0 Å². The van der Waals surface area contributed by atoms with Crippen molar-refractivity contribution in [2.75, 3.05) is 0 Å². The summed E-state index contributed by atoms with van der Waals surface area (Å²) in [5.74, 6) is 0. The van der Waals surface area contributed by atoms with Gasteiger partial charge in [0, 0.05) is 0 Å². The fourth-order valence-corrected chi connectivity index (χ4v) is 12.4. The summed E-state index contributed by atoms with van der Waals surface area (Å²) in [4.78, 5) is 0. The van der Waals surface area contributed by atoms with E-state index in [0.29, 0.717) is 5.54 Å². The molecule has 0 aromatic heterocycles. The first-order valence-electron chi connectivity index (χ1n) is 9.68. The van der Waals surface area contributed by atoms with E-state index in [4.69, 9.17) is 0 Å². The highest BCUT2D eigenvalue weighted by Gasteiger charge is 2.48. The summed E-state index contributed by atoms with van der Waals surface area (Å²) in [7, 11) is -1.64. The average Bonchev–Trinajstić information content (AvgIpc) is 2.59. The third-order valence-electron chi connectivity index (χ3n) is 5.98. The van der Waals surface area contributed by atoms with Crippen molar-refractivity contribution in [1.29, 1.82) is 0 Å². The molecule has 0 heterocycles. The Balaban J connectivity index is 2.59. The second kappa shape index (κ2) is 8.67. The minimum atomic E-state index is -1.64. The van der Waals surface area contributed by atoms with Crippen LogP contribution in [0.3, 0.4) is 0 Å². The Morgan fingerprint density at radius 2 is 1.08 bits per heavy atom. The van der Waals surface area contributed by atoms with Crippen molar-refractivity contribution in [2.24, 2.45) is 0 Å². The Kier molecular flexibility index (Phi) is 6.84. The molecule has 0 aliphatic rings. The van der Waals surface area contributed by atoms with Crippen LogP contribution in [-0.4, -0.2) is 8.07 Å². The fraction of sp³-hybridized carbons (Fsp3) is 0.417. The van der Waals surface area contributed by atoms with E-state index in [0.717, 1.165) is 16.6 Å². The Hall–Kier alpha value is -1.60. The van der Waals surface area contributed by atoms with Crippen LogP contribution in [-0.2, 0) is 0 Å². The maximum absolute atomic E-state index is 2.51. The number of benzene rings is 2. The molecule has 0 amide bonds. The van der Waals surface area contributed by atoms with Crippen LogP contribution >= 0.6 is 0 Å². The predicted molar refractivity (Wildman–Crippen MR) is 116 cm³/mol. The minimum absolute atomic E-state index is 0.536. The Morgan fingerprint density at radius 3 is 1.52 bits per heavy atom. The van der Waals surface area contributed by atoms with E-state index in [1.165, 1.54) is 11.1 Å². The average molecular weight is 351 g/mol. The fourth-order valence-electron chi connectivity index (χ4n) is 5.08. The summed E-state index contributed by atoms with van der Waals surface area (Å²) >= 11 is 0. The number of hydrogen-bond acceptors (Lipinski definition) is 0. The summed E-state index contributed by atoms with van der Waals surface area (Å²) in [5.41, 5.74) is 5.52. The van der Waals surface area contributed by atoms with Gasteiger partial charge in [-0.25, -0.2) is 0 Å². The van der Waals surface area contributed by atoms with E-state index in [1.54, 1.807) is 0 Å². The van der Waals surface area contributed by atoms with Gasteiger partial charge in [-0.3, -0.25) is 0 Å². The number of hydrogen-bond donors (Lipinski definition) is 0. The third kappa shape index (κ3) is 4.15. The van der Waals surface area contributed by atoms with Gasteiger partial charge in [0.25, 0.3) is 0 Å². The SMILES string of the molecule is CC(C)[Si](C(C)C)(C(C)C)C(/C=C\c1ccccc1)c1ccccc1. The zero-order valence-electron chi connectivity index (χ0n) is 16.7. The molecule has 0 saturated carbocycles. The molecule has 0 N–H and O–H groups in total. The molecule has 0 radical (unpaired) electrons. The molecular weight excluding hydrogens is 316 g/mol. The van der Waals surface area contributed by atoms with Crippen LogP contribution in [0, 0.1) is 0 Å². The third-order valence-corrected chi connectivity index (χ3v) is 13.6. The van der Waals surface area contributed by atoms with Gasteiger partial charge in [0.05, 0.1) is 8.07 Å². The van der Waals surface area contributed by atoms with Crippen LogP contribution in [0.4, 0.5) is 0 Å². The van der Waals surface area contributed by atoms with E-state index in [9.17, 15) is 0 Å². The molecule has 0 bridgehead atoms. The predicted octanol–water partition coefficient (Wildman–Crippen LogP) is 7.70. The molecule has 25 heavy (non-hydrogen) atoms. The molecular formula is C24H34Si. The van der Waals surface area contributed by atoms with Gasteiger partial charge in [-0.15, -0.1) is 0 Å². The first kappa shape index (κ1) is 19.7. The molecule has 0 aliphatic heterocycles. The maximum atomic E-state index is 2.51. The van der Waals surface area contributed by atoms with Crippen molar-refractivity contribution in [3.05, 3.63) is 77.9 Å². The van der Waals surface area contributed by atoms with E-state index in [1.807, 2.05) is 0 Å². The summed E-state index contributed by atoms with van der Waals surface area (Å²) in [5, 5.41) is 0. The van der Waals surface area contributed by atoms with Crippen molar-refractivity contribution in [3.63, 3.8) is 0 Å². The van der Waals surface area contributed by atoms with Gasteiger partial charge < -0.3 is 0 Å². The van der Waals surface area contributed by atoms with Crippen molar-refractivity contribution in [2.45, 2.75) is 63.7 Å². The summed E-state index contributed by atoms with van der Waals surface area (Å²) < 4.78 is 0. The number of allylic oxidation sites excluding steroid dienone is 1. The molecule has 134 valence electrons. The quantitative estimate of drug-likeness (QED) is 0.449. The van der Waals surface area contributed by atoms with E-state index in [2.05, 4.69) is 114 Å². The first-order chi connectivity index (χ1) is 11.9. The van der Waals surface area contributed by atoms with Crippen LogP contribution in [0.5, 0.6) is 0 Å². The molecule has 1 atom stereocenters. The number of rotatable bonds is 7. The van der Waals surface area contributed by atoms with Gasteiger partial charge in [0.2, 0.25) is 0 Å². The molecule has 0 fully saturated rings. The Morgan fingerprint density at radius 1 is 0.640 bits per heavy atom. The molecule has 0 spiro atoms.